The number of hydrogen-bond acceptors (Lipinski definition) is 8. The molecule has 11 heteroatoms. The van der Waals surface area contributed by atoms with Gasteiger partial charge in [0.1, 0.15) is 5.82 Å². The number of hydrogen-bond donors (Lipinski definition) is 4. The first kappa shape index (κ1) is 29.8. The highest BCUT2D eigenvalue weighted by molar-refractivity contribution is 7.89. The number of aliphatic hydroxyl groups is 1. The third-order valence-corrected chi connectivity index (χ3v) is 8.04. The summed E-state index contributed by atoms with van der Waals surface area (Å²) in [7, 11) is -3.77. The lowest BCUT2D eigenvalue weighted by Gasteiger charge is -2.34. The fraction of sp³-hybridized carbons (Fsp3) is 0.593. The molecule has 1 aliphatic rings. The minimum absolute atomic E-state index is 0.0558. The first-order valence-corrected chi connectivity index (χ1v) is 14.7. The summed E-state index contributed by atoms with van der Waals surface area (Å²) in [6.07, 6.45) is 5.83. The summed E-state index contributed by atoms with van der Waals surface area (Å²) < 4.78 is 28.2. The quantitative estimate of drug-likeness (QED) is 0.351. The number of benzene rings is 1. The summed E-state index contributed by atoms with van der Waals surface area (Å²) >= 11 is 0. The molecule has 0 bridgehead atoms. The fourth-order valence-corrected chi connectivity index (χ4v) is 5.91. The van der Waals surface area contributed by atoms with Crippen LogP contribution in [0.4, 0.5) is 17.3 Å². The summed E-state index contributed by atoms with van der Waals surface area (Å²) in [4.78, 5) is 24.7. The molecule has 1 aromatic heterocycles. The lowest BCUT2D eigenvalue weighted by atomic mass is 9.92. The Hall–Kier alpha value is -2.76. The number of nitrogens with one attached hydrogen (secondary N) is 3. The van der Waals surface area contributed by atoms with E-state index in [1.54, 1.807) is 32.9 Å². The highest BCUT2D eigenvalue weighted by Crippen LogP contribution is 2.28. The van der Waals surface area contributed by atoms with Gasteiger partial charge in [0, 0.05) is 24.3 Å². The predicted molar refractivity (Wildman–Crippen MR) is 151 cm³/mol. The molecule has 210 valence electrons. The van der Waals surface area contributed by atoms with Crippen LogP contribution >= 0.6 is 0 Å². The first-order chi connectivity index (χ1) is 17.7. The average molecular weight is 547 g/mol. The molecule has 0 radical (unpaired) electrons. The lowest BCUT2D eigenvalue weighted by Crippen LogP contribution is -2.40. The van der Waals surface area contributed by atoms with Gasteiger partial charge < -0.3 is 20.6 Å². The maximum atomic E-state index is 13.4. The maximum absolute atomic E-state index is 13.4. The zero-order valence-corrected chi connectivity index (χ0v) is 24.2. The van der Waals surface area contributed by atoms with Crippen molar-refractivity contribution in [2.45, 2.75) is 83.2 Å². The van der Waals surface area contributed by atoms with E-state index in [0.29, 0.717) is 23.2 Å². The molecule has 0 aliphatic carbocycles. The van der Waals surface area contributed by atoms with Crippen LogP contribution in [0.1, 0.15) is 77.7 Å². The van der Waals surface area contributed by atoms with Gasteiger partial charge in [-0.1, -0.05) is 25.8 Å². The largest absolute Gasteiger partial charge is 0.394 e. The number of anilines is 3. The van der Waals surface area contributed by atoms with E-state index in [1.165, 1.54) is 24.8 Å². The number of aliphatic hydroxyl groups excluding tert-OH is 1. The van der Waals surface area contributed by atoms with Crippen LogP contribution in [-0.2, 0) is 10.0 Å². The highest BCUT2D eigenvalue weighted by Gasteiger charge is 2.27. The number of nitrogens with zero attached hydrogens (tertiary/aromatic N) is 3. The molecule has 1 aromatic carbocycles. The number of rotatable bonds is 10. The van der Waals surface area contributed by atoms with Crippen LogP contribution < -0.4 is 20.3 Å². The zero-order valence-electron chi connectivity index (χ0n) is 23.3. The molecule has 0 atom stereocenters. The molecular formula is C27H42N6O4S. The Kier molecular flexibility index (Phi) is 9.38. The Morgan fingerprint density at radius 2 is 1.84 bits per heavy atom. The topological polar surface area (TPSA) is 137 Å². The number of carbonyl (C=O) groups is 1. The minimum atomic E-state index is -3.77. The molecule has 2 aromatic rings. The third-order valence-electron chi connectivity index (χ3n) is 6.28. The Balaban J connectivity index is 1.89. The van der Waals surface area contributed by atoms with Crippen molar-refractivity contribution in [1.82, 2.24) is 14.7 Å². The van der Waals surface area contributed by atoms with Crippen molar-refractivity contribution in [1.29, 1.82) is 0 Å². The summed E-state index contributed by atoms with van der Waals surface area (Å²) in [6, 6.07) is 6.13. The molecule has 1 fully saturated rings. The van der Waals surface area contributed by atoms with Gasteiger partial charge in [0.2, 0.25) is 10.0 Å². The number of piperidine rings is 1. The Morgan fingerprint density at radius 1 is 1.16 bits per heavy atom. The van der Waals surface area contributed by atoms with E-state index in [-0.39, 0.29) is 17.2 Å². The number of amides is 1. The third kappa shape index (κ3) is 8.12. The standard InChI is InChI=1S/C27H42N6O4S/c1-7-9-19-12-14-33(15-13-19)24-23(28-17-22(30-24)31-27(5,6)18-34)25(35)29-20-10-8-11-21(16-20)38(36,37)32-26(2,3)4/h8,10-11,16-17,19,32,34H,7,9,12-15,18H2,1-6H3,(H,29,35)(H,30,31). The van der Waals surface area contributed by atoms with Gasteiger partial charge in [0.15, 0.2) is 11.5 Å². The van der Waals surface area contributed by atoms with E-state index >= 15 is 0 Å². The Labute approximate surface area is 226 Å². The maximum Gasteiger partial charge on any atom is 0.278 e. The van der Waals surface area contributed by atoms with Crippen LogP contribution in [0.2, 0.25) is 0 Å². The van der Waals surface area contributed by atoms with Crippen molar-refractivity contribution in [3.63, 3.8) is 0 Å². The predicted octanol–water partition coefficient (Wildman–Crippen LogP) is 4.01. The van der Waals surface area contributed by atoms with Crippen molar-refractivity contribution in [3.8, 4) is 0 Å². The van der Waals surface area contributed by atoms with Crippen LogP contribution in [0.15, 0.2) is 35.4 Å². The first-order valence-electron chi connectivity index (χ1n) is 13.2. The average Bonchev–Trinajstić information content (AvgIpc) is 2.83. The summed E-state index contributed by atoms with van der Waals surface area (Å²) in [5, 5.41) is 15.6. The van der Waals surface area contributed by atoms with Gasteiger partial charge in [0.05, 0.1) is 23.2 Å². The van der Waals surface area contributed by atoms with Gasteiger partial charge in [-0.2, -0.15) is 0 Å². The van der Waals surface area contributed by atoms with E-state index in [2.05, 4.69) is 32.2 Å². The minimum Gasteiger partial charge on any atom is -0.394 e. The molecule has 0 unspecified atom stereocenters. The monoisotopic (exact) mass is 546 g/mol. The van der Waals surface area contributed by atoms with Crippen molar-refractivity contribution >= 4 is 33.3 Å². The van der Waals surface area contributed by atoms with E-state index in [1.807, 2.05) is 13.8 Å². The molecule has 2 heterocycles. The van der Waals surface area contributed by atoms with Gasteiger partial charge in [-0.3, -0.25) is 4.79 Å². The van der Waals surface area contributed by atoms with Gasteiger partial charge in [-0.05, 0) is 71.6 Å². The van der Waals surface area contributed by atoms with Crippen LogP contribution in [0.5, 0.6) is 0 Å². The van der Waals surface area contributed by atoms with Crippen LogP contribution in [0.3, 0.4) is 0 Å². The molecule has 1 saturated heterocycles. The summed E-state index contributed by atoms with van der Waals surface area (Å²) in [6.45, 7) is 12.6. The van der Waals surface area contributed by atoms with Gasteiger partial charge in [0.25, 0.3) is 5.91 Å². The Bertz CT molecular complexity index is 1220. The summed E-state index contributed by atoms with van der Waals surface area (Å²) in [5.41, 5.74) is -0.762. The molecule has 4 N–H and O–H groups in total. The van der Waals surface area contributed by atoms with Crippen LogP contribution in [0, 0.1) is 5.92 Å². The van der Waals surface area contributed by atoms with Crippen molar-refractivity contribution < 1.29 is 18.3 Å². The van der Waals surface area contributed by atoms with Crippen LogP contribution in [-0.4, -0.2) is 60.2 Å². The number of sulfonamides is 1. The molecule has 1 aliphatic heterocycles. The second kappa shape index (κ2) is 12.0. The molecule has 0 saturated carbocycles. The smallest absolute Gasteiger partial charge is 0.278 e. The van der Waals surface area contributed by atoms with Gasteiger partial charge in [-0.15, -0.1) is 0 Å². The number of carbonyl (C=O) groups excluding carboxylic acids is 1. The van der Waals surface area contributed by atoms with Gasteiger partial charge in [-0.25, -0.2) is 23.1 Å². The van der Waals surface area contributed by atoms with Crippen molar-refractivity contribution in [3.05, 3.63) is 36.2 Å². The molecule has 3 rings (SSSR count). The lowest BCUT2D eigenvalue weighted by molar-refractivity contribution is 0.102. The van der Waals surface area contributed by atoms with E-state index in [4.69, 9.17) is 4.98 Å². The number of aromatic nitrogens is 2. The van der Waals surface area contributed by atoms with Crippen molar-refractivity contribution in [2.75, 3.05) is 35.2 Å². The normalized spacial score (nSPS) is 15.4. The molecular weight excluding hydrogens is 504 g/mol. The fourth-order valence-electron chi connectivity index (χ4n) is 4.44. The second-order valence-electron chi connectivity index (χ2n) is 11.7. The molecule has 0 spiro atoms. The van der Waals surface area contributed by atoms with E-state index < -0.39 is 27.0 Å². The molecule has 10 nitrogen and oxygen atoms in total. The second-order valence-corrected chi connectivity index (χ2v) is 13.3. The van der Waals surface area contributed by atoms with E-state index in [0.717, 1.165) is 32.4 Å². The highest BCUT2D eigenvalue weighted by atomic mass is 32.2. The Morgan fingerprint density at radius 3 is 2.45 bits per heavy atom. The van der Waals surface area contributed by atoms with Crippen LogP contribution in [0.25, 0.3) is 0 Å². The SMILES string of the molecule is CCCC1CCN(c2nc(NC(C)(C)CO)cnc2C(=O)Nc2cccc(S(=O)(=O)NC(C)(C)C)c2)CC1. The molecule has 38 heavy (non-hydrogen) atoms. The molecule has 1 amide bonds. The van der Waals surface area contributed by atoms with Crippen molar-refractivity contribution in [2.24, 2.45) is 5.92 Å². The van der Waals surface area contributed by atoms with Gasteiger partial charge >= 0.3 is 0 Å². The van der Waals surface area contributed by atoms with E-state index in [9.17, 15) is 18.3 Å². The zero-order chi connectivity index (χ0) is 28.1. The summed E-state index contributed by atoms with van der Waals surface area (Å²) in [5.74, 6) is 1.11.